The minimum Gasteiger partial charge on any atom is -0.363 e. The van der Waals surface area contributed by atoms with Crippen molar-refractivity contribution in [3.05, 3.63) is 28.3 Å². The normalized spacial score (nSPS) is 16.8. The average Bonchev–Trinajstić information content (AvgIpc) is 2.46. The smallest absolute Gasteiger partial charge is 0.293 e. The van der Waals surface area contributed by atoms with Gasteiger partial charge in [0.15, 0.2) is 0 Å². The third kappa shape index (κ3) is 4.18. The number of nitrogens with one attached hydrogen (secondary N) is 1. The van der Waals surface area contributed by atoms with Crippen molar-refractivity contribution in [3.8, 4) is 0 Å². The number of piperazine rings is 1. The molecule has 1 fully saturated rings. The van der Waals surface area contributed by atoms with E-state index in [0.29, 0.717) is 18.8 Å². The summed E-state index contributed by atoms with van der Waals surface area (Å²) in [5, 5.41) is 11.4. The molecule has 1 aromatic carbocycles. The SMILES string of the molecule is CC(C)NS(=O)(=O)c1ccc(N2CCN(C)CC2)c([N+](=O)[O-])c1. The topological polar surface area (TPSA) is 95.8 Å². The zero-order valence-corrected chi connectivity index (χ0v) is 14.3. The first-order valence-corrected chi connectivity index (χ1v) is 8.93. The van der Waals surface area contributed by atoms with Gasteiger partial charge in [-0.05, 0) is 33.0 Å². The van der Waals surface area contributed by atoms with Crippen molar-refractivity contribution in [1.82, 2.24) is 9.62 Å². The van der Waals surface area contributed by atoms with E-state index in [4.69, 9.17) is 0 Å². The molecule has 0 aromatic heterocycles. The minimum atomic E-state index is -3.75. The van der Waals surface area contributed by atoms with Crippen molar-refractivity contribution in [2.75, 3.05) is 38.1 Å². The van der Waals surface area contributed by atoms with Gasteiger partial charge in [0, 0.05) is 38.3 Å². The number of nitrogens with zero attached hydrogens (tertiary/aromatic N) is 3. The zero-order chi connectivity index (χ0) is 17.2. The molecule has 128 valence electrons. The number of nitro groups is 1. The molecule has 0 saturated carbocycles. The molecule has 0 aliphatic carbocycles. The molecular formula is C14H22N4O4S. The number of anilines is 1. The van der Waals surface area contributed by atoms with Crippen LogP contribution in [0.2, 0.25) is 0 Å². The Kier molecular flexibility index (Phi) is 5.23. The molecule has 0 bridgehead atoms. The maximum atomic E-state index is 12.2. The molecule has 1 N–H and O–H groups in total. The van der Waals surface area contributed by atoms with E-state index < -0.39 is 14.9 Å². The Balaban J connectivity index is 2.38. The van der Waals surface area contributed by atoms with Gasteiger partial charge in [-0.15, -0.1) is 0 Å². The van der Waals surface area contributed by atoms with Crippen LogP contribution >= 0.6 is 0 Å². The number of likely N-dealkylation sites (N-methyl/N-ethyl adjacent to an activating group) is 1. The van der Waals surface area contributed by atoms with Gasteiger partial charge in [-0.3, -0.25) is 10.1 Å². The monoisotopic (exact) mass is 342 g/mol. The molecule has 1 aromatic rings. The molecule has 0 unspecified atom stereocenters. The molecule has 0 atom stereocenters. The van der Waals surface area contributed by atoms with Crippen LogP contribution in [-0.4, -0.2) is 57.5 Å². The molecule has 1 saturated heterocycles. The largest absolute Gasteiger partial charge is 0.363 e. The van der Waals surface area contributed by atoms with E-state index in [1.54, 1.807) is 13.8 Å². The summed E-state index contributed by atoms with van der Waals surface area (Å²) in [6.45, 7) is 6.37. The minimum absolute atomic E-state index is 0.0872. The Hall–Kier alpha value is -1.71. The van der Waals surface area contributed by atoms with Crippen molar-refractivity contribution >= 4 is 21.4 Å². The maximum Gasteiger partial charge on any atom is 0.293 e. The van der Waals surface area contributed by atoms with Crippen LogP contribution in [0.1, 0.15) is 13.8 Å². The standard InChI is InChI=1S/C14H22N4O4S/c1-11(2)15-23(21,22)12-4-5-13(14(10-12)18(19)20)17-8-6-16(3)7-9-17/h4-5,10-11,15H,6-9H2,1-3H3. The predicted octanol–water partition coefficient (Wildman–Crippen LogP) is 1.03. The number of hydrogen-bond acceptors (Lipinski definition) is 6. The van der Waals surface area contributed by atoms with E-state index in [9.17, 15) is 18.5 Å². The van der Waals surface area contributed by atoms with Crippen molar-refractivity contribution < 1.29 is 13.3 Å². The first kappa shape index (κ1) is 17.6. The molecule has 1 aliphatic heterocycles. The van der Waals surface area contributed by atoms with Gasteiger partial charge >= 0.3 is 0 Å². The molecule has 1 aliphatic rings. The molecule has 8 nitrogen and oxygen atoms in total. The number of sulfonamides is 1. The molecular weight excluding hydrogens is 320 g/mol. The summed E-state index contributed by atoms with van der Waals surface area (Å²) in [6.07, 6.45) is 0. The van der Waals surface area contributed by atoms with E-state index in [1.807, 2.05) is 11.9 Å². The van der Waals surface area contributed by atoms with Crippen LogP contribution < -0.4 is 9.62 Å². The highest BCUT2D eigenvalue weighted by Crippen LogP contribution is 2.31. The van der Waals surface area contributed by atoms with Crippen LogP contribution in [0.5, 0.6) is 0 Å². The Morgan fingerprint density at radius 1 is 1.22 bits per heavy atom. The summed E-state index contributed by atoms with van der Waals surface area (Å²) in [6, 6.07) is 3.80. The fourth-order valence-electron chi connectivity index (χ4n) is 2.51. The molecule has 0 radical (unpaired) electrons. The van der Waals surface area contributed by atoms with E-state index in [0.717, 1.165) is 19.2 Å². The Morgan fingerprint density at radius 3 is 2.35 bits per heavy atom. The van der Waals surface area contributed by atoms with Crippen molar-refractivity contribution in [3.63, 3.8) is 0 Å². The van der Waals surface area contributed by atoms with Crippen LogP contribution in [0, 0.1) is 10.1 Å². The number of nitro benzene ring substituents is 1. The van der Waals surface area contributed by atoms with Gasteiger partial charge in [0.2, 0.25) is 10.0 Å². The highest BCUT2D eigenvalue weighted by molar-refractivity contribution is 7.89. The number of benzene rings is 1. The third-order valence-electron chi connectivity index (χ3n) is 3.69. The van der Waals surface area contributed by atoms with Crippen molar-refractivity contribution in [1.29, 1.82) is 0 Å². The summed E-state index contributed by atoms with van der Waals surface area (Å²) >= 11 is 0. The molecule has 2 rings (SSSR count). The highest BCUT2D eigenvalue weighted by Gasteiger charge is 2.26. The lowest BCUT2D eigenvalue weighted by atomic mass is 10.2. The van der Waals surface area contributed by atoms with Crippen LogP contribution in [0.3, 0.4) is 0 Å². The summed E-state index contributed by atoms with van der Waals surface area (Å²) in [7, 11) is -1.75. The van der Waals surface area contributed by atoms with Gasteiger partial charge in [-0.1, -0.05) is 0 Å². The lowest BCUT2D eigenvalue weighted by Crippen LogP contribution is -2.44. The molecule has 1 heterocycles. The van der Waals surface area contributed by atoms with Gasteiger partial charge in [0.05, 0.1) is 9.82 Å². The predicted molar refractivity (Wildman–Crippen MR) is 88.3 cm³/mol. The van der Waals surface area contributed by atoms with E-state index in [1.165, 1.54) is 12.1 Å². The fourth-order valence-corrected chi connectivity index (χ4v) is 3.78. The molecule has 0 amide bonds. The van der Waals surface area contributed by atoms with Crippen molar-refractivity contribution in [2.45, 2.75) is 24.8 Å². The van der Waals surface area contributed by atoms with Gasteiger partial charge in [0.25, 0.3) is 5.69 Å². The quantitative estimate of drug-likeness (QED) is 0.634. The Morgan fingerprint density at radius 2 is 1.83 bits per heavy atom. The number of rotatable bonds is 5. The van der Waals surface area contributed by atoms with E-state index in [2.05, 4.69) is 9.62 Å². The first-order chi connectivity index (χ1) is 10.7. The van der Waals surface area contributed by atoms with Crippen LogP contribution in [0.4, 0.5) is 11.4 Å². The summed E-state index contributed by atoms with van der Waals surface area (Å²) in [4.78, 5) is 14.8. The fraction of sp³-hybridized carbons (Fsp3) is 0.571. The maximum absolute atomic E-state index is 12.2. The summed E-state index contributed by atoms with van der Waals surface area (Å²) in [5.41, 5.74) is 0.285. The van der Waals surface area contributed by atoms with E-state index >= 15 is 0 Å². The van der Waals surface area contributed by atoms with Gasteiger partial charge in [0.1, 0.15) is 5.69 Å². The van der Waals surface area contributed by atoms with Crippen molar-refractivity contribution in [2.24, 2.45) is 0 Å². The highest BCUT2D eigenvalue weighted by atomic mass is 32.2. The lowest BCUT2D eigenvalue weighted by molar-refractivity contribution is -0.384. The van der Waals surface area contributed by atoms with Crippen LogP contribution in [0.15, 0.2) is 23.1 Å². The summed E-state index contributed by atoms with van der Waals surface area (Å²) in [5.74, 6) is 0. The first-order valence-electron chi connectivity index (χ1n) is 7.45. The number of hydrogen-bond donors (Lipinski definition) is 1. The van der Waals surface area contributed by atoms with Crippen LogP contribution in [0.25, 0.3) is 0 Å². The Labute approximate surface area is 136 Å². The van der Waals surface area contributed by atoms with Gasteiger partial charge in [-0.25, -0.2) is 13.1 Å². The van der Waals surface area contributed by atoms with Gasteiger partial charge in [-0.2, -0.15) is 0 Å². The average molecular weight is 342 g/mol. The molecule has 9 heteroatoms. The third-order valence-corrected chi connectivity index (χ3v) is 5.34. The second-order valence-electron chi connectivity index (χ2n) is 5.97. The summed E-state index contributed by atoms with van der Waals surface area (Å²) < 4.78 is 26.8. The Bertz CT molecular complexity index is 682. The lowest BCUT2D eigenvalue weighted by Gasteiger charge is -2.33. The molecule has 23 heavy (non-hydrogen) atoms. The zero-order valence-electron chi connectivity index (χ0n) is 13.5. The second-order valence-corrected chi connectivity index (χ2v) is 7.69. The van der Waals surface area contributed by atoms with Gasteiger partial charge < -0.3 is 9.80 Å². The van der Waals surface area contributed by atoms with Crippen LogP contribution in [-0.2, 0) is 10.0 Å². The van der Waals surface area contributed by atoms with E-state index in [-0.39, 0.29) is 16.6 Å². The molecule has 0 spiro atoms. The second kappa shape index (κ2) is 6.81.